The SMILES string of the molecule is CSC1CCC(NC(=O)C2CCN(c3ccc(C(F)(F)F)cn3)CC2)C1. The molecule has 26 heavy (non-hydrogen) atoms. The van der Waals surface area contributed by atoms with E-state index >= 15 is 0 Å². The summed E-state index contributed by atoms with van der Waals surface area (Å²) < 4.78 is 37.8. The molecule has 0 radical (unpaired) electrons. The minimum atomic E-state index is -4.37. The van der Waals surface area contributed by atoms with Crippen molar-refractivity contribution in [1.82, 2.24) is 10.3 Å². The molecule has 4 nitrogen and oxygen atoms in total. The minimum Gasteiger partial charge on any atom is -0.357 e. The number of alkyl halides is 3. The molecule has 8 heteroatoms. The van der Waals surface area contributed by atoms with Crippen LogP contribution >= 0.6 is 11.8 Å². The molecule has 1 N–H and O–H groups in total. The number of thioether (sulfide) groups is 1. The smallest absolute Gasteiger partial charge is 0.357 e. The van der Waals surface area contributed by atoms with Crippen molar-refractivity contribution in [3.63, 3.8) is 0 Å². The van der Waals surface area contributed by atoms with Crippen molar-refractivity contribution in [3.8, 4) is 0 Å². The van der Waals surface area contributed by atoms with Gasteiger partial charge in [-0.3, -0.25) is 4.79 Å². The summed E-state index contributed by atoms with van der Waals surface area (Å²) in [6.07, 6.45) is 3.26. The van der Waals surface area contributed by atoms with Gasteiger partial charge in [0.05, 0.1) is 5.56 Å². The maximum absolute atomic E-state index is 12.6. The van der Waals surface area contributed by atoms with E-state index in [4.69, 9.17) is 0 Å². The number of rotatable bonds is 4. The number of aromatic nitrogens is 1. The summed E-state index contributed by atoms with van der Waals surface area (Å²) in [4.78, 5) is 18.4. The fourth-order valence-electron chi connectivity index (χ4n) is 3.72. The quantitative estimate of drug-likeness (QED) is 0.855. The molecule has 2 fully saturated rings. The maximum atomic E-state index is 12.6. The van der Waals surface area contributed by atoms with Crippen LogP contribution in [0, 0.1) is 5.92 Å². The Morgan fingerprint density at radius 3 is 2.50 bits per heavy atom. The van der Waals surface area contributed by atoms with E-state index in [1.807, 2.05) is 16.7 Å². The molecular formula is C18H24F3N3OS. The Labute approximate surface area is 155 Å². The van der Waals surface area contributed by atoms with Gasteiger partial charge in [0.15, 0.2) is 0 Å². The summed E-state index contributed by atoms with van der Waals surface area (Å²) >= 11 is 1.86. The number of amides is 1. The second-order valence-electron chi connectivity index (χ2n) is 7.04. The van der Waals surface area contributed by atoms with Crippen LogP contribution in [0.5, 0.6) is 0 Å². The molecule has 1 saturated carbocycles. The van der Waals surface area contributed by atoms with Gasteiger partial charge in [-0.25, -0.2) is 4.98 Å². The van der Waals surface area contributed by atoms with Crippen molar-refractivity contribution in [2.24, 2.45) is 5.92 Å². The summed E-state index contributed by atoms with van der Waals surface area (Å²) in [6.45, 7) is 1.27. The van der Waals surface area contributed by atoms with Gasteiger partial charge in [0.25, 0.3) is 0 Å². The highest BCUT2D eigenvalue weighted by atomic mass is 32.2. The molecule has 1 amide bonds. The maximum Gasteiger partial charge on any atom is 0.417 e. The molecule has 2 unspecified atom stereocenters. The number of hydrogen-bond donors (Lipinski definition) is 1. The highest BCUT2D eigenvalue weighted by Crippen LogP contribution is 2.31. The first kappa shape index (κ1) is 19.3. The van der Waals surface area contributed by atoms with E-state index in [1.165, 1.54) is 6.07 Å². The van der Waals surface area contributed by atoms with E-state index in [0.29, 0.717) is 37.0 Å². The summed E-state index contributed by atoms with van der Waals surface area (Å²) in [7, 11) is 0. The Balaban J connectivity index is 1.48. The Hall–Kier alpha value is -1.44. The molecule has 3 rings (SSSR count). The first-order valence-electron chi connectivity index (χ1n) is 8.98. The summed E-state index contributed by atoms with van der Waals surface area (Å²) in [5, 5.41) is 3.83. The molecule has 0 spiro atoms. The third-order valence-electron chi connectivity index (χ3n) is 5.33. The summed E-state index contributed by atoms with van der Waals surface area (Å²) in [5.74, 6) is 0.640. The number of halogens is 3. The van der Waals surface area contributed by atoms with Crippen LogP contribution in [0.15, 0.2) is 18.3 Å². The van der Waals surface area contributed by atoms with Gasteiger partial charge in [0.2, 0.25) is 5.91 Å². The lowest BCUT2D eigenvalue weighted by Gasteiger charge is -2.32. The lowest BCUT2D eigenvalue weighted by atomic mass is 9.95. The highest BCUT2D eigenvalue weighted by Gasteiger charge is 2.32. The van der Waals surface area contributed by atoms with Gasteiger partial charge >= 0.3 is 6.18 Å². The number of hydrogen-bond acceptors (Lipinski definition) is 4. The number of nitrogens with one attached hydrogen (secondary N) is 1. The molecule has 2 atom stereocenters. The minimum absolute atomic E-state index is 0.0194. The topological polar surface area (TPSA) is 45.2 Å². The van der Waals surface area contributed by atoms with Crippen LogP contribution in [0.4, 0.5) is 19.0 Å². The fraction of sp³-hybridized carbons (Fsp3) is 0.667. The van der Waals surface area contributed by atoms with E-state index in [9.17, 15) is 18.0 Å². The molecule has 2 heterocycles. The molecule has 2 aliphatic rings. The first-order valence-corrected chi connectivity index (χ1v) is 10.3. The van der Waals surface area contributed by atoms with Gasteiger partial charge in [0.1, 0.15) is 5.82 Å². The standard InChI is InChI=1S/C18H24F3N3OS/c1-26-15-4-3-14(10-15)23-17(25)12-6-8-24(9-7-12)16-5-2-13(11-22-16)18(19,20)21/h2,5,11-12,14-15H,3-4,6-10H2,1H3,(H,23,25). The van der Waals surface area contributed by atoms with Gasteiger partial charge in [-0.15, -0.1) is 0 Å². The van der Waals surface area contributed by atoms with Gasteiger partial charge < -0.3 is 10.2 Å². The van der Waals surface area contributed by atoms with Crippen LogP contribution in [0.25, 0.3) is 0 Å². The molecule has 144 valence electrons. The van der Waals surface area contributed by atoms with E-state index in [-0.39, 0.29) is 17.9 Å². The number of pyridine rings is 1. The number of carbonyl (C=O) groups is 1. The van der Waals surface area contributed by atoms with Crippen LogP contribution in [0.1, 0.15) is 37.7 Å². The molecular weight excluding hydrogens is 363 g/mol. The number of carbonyl (C=O) groups excluding carboxylic acids is 1. The second-order valence-corrected chi connectivity index (χ2v) is 8.18. The number of nitrogens with zero attached hydrogens (tertiary/aromatic N) is 2. The highest BCUT2D eigenvalue weighted by molar-refractivity contribution is 7.99. The Morgan fingerprint density at radius 1 is 1.23 bits per heavy atom. The van der Waals surface area contributed by atoms with Gasteiger partial charge in [-0.1, -0.05) is 0 Å². The molecule has 1 saturated heterocycles. The Morgan fingerprint density at radius 2 is 1.96 bits per heavy atom. The average molecular weight is 387 g/mol. The third-order valence-corrected chi connectivity index (χ3v) is 6.42. The van der Waals surface area contributed by atoms with Gasteiger partial charge in [0, 0.05) is 36.5 Å². The average Bonchev–Trinajstić information content (AvgIpc) is 3.09. The number of anilines is 1. The lowest BCUT2D eigenvalue weighted by molar-refractivity contribution is -0.137. The molecule has 1 aromatic rings. The molecule has 0 aromatic carbocycles. The molecule has 1 aliphatic heterocycles. The van der Waals surface area contributed by atoms with Crippen molar-refractivity contribution in [3.05, 3.63) is 23.9 Å². The molecule has 1 aromatic heterocycles. The van der Waals surface area contributed by atoms with Crippen LogP contribution in [-0.2, 0) is 11.0 Å². The largest absolute Gasteiger partial charge is 0.417 e. The van der Waals surface area contributed by atoms with Gasteiger partial charge in [-0.05, 0) is 50.5 Å². The first-order chi connectivity index (χ1) is 12.4. The van der Waals surface area contributed by atoms with Gasteiger partial charge in [-0.2, -0.15) is 24.9 Å². The van der Waals surface area contributed by atoms with Crippen molar-refractivity contribution >= 4 is 23.5 Å². The lowest BCUT2D eigenvalue weighted by Crippen LogP contribution is -2.43. The predicted octanol–water partition coefficient (Wildman–Crippen LogP) is 3.72. The van der Waals surface area contributed by atoms with Crippen LogP contribution < -0.4 is 10.2 Å². The van der Waals surface area contributed by atoms with E-state index in [2.05, 4.69) is 16.6 Å². The van der Waals surface area contributed by atoms with Crippen LogP contribution in [0.3, 0.4) is 0 Å². The van der Waals surface area contributed by atoms with E-state index in [1.54, 1.807) is 0 Å². The zero-order valence-electron chi connectivity index (χ0n) is 14.8. The van der Waals surface area contributed by atoms with E-state index < -0.39 is 11.7 Å². The third kappa shape index (κ3) is 4.64. The zero-order chi connectivity index (χ0) is 18.7. The summed E-state index contributed by atoms with van der Waals surface area (Å²) in [5.41, 5.74) is -0.740. The second kappa shape index (κ2) is 8.06. The monoisotopic (exact) mass is 387 g/mol. The van der Waals surface area contributed by atoms with Crippen molar-refractivity contribution < 1.29 is 18.0 Å². The van der Waals surface area contributed by atoms with Crippen LogP contribution in [-0.4, -0.2) is 41.5 Å². The Kier molecular flexibility index (Phi) is 5.99. The molecule has 1 aliphatic carbocycles. The predicted molar refractivity (Wildman–Crippen MR) is 97.3 cm³/mol. The van der Waals surface area contributed by atoms with Crippen molar-refractivity contribution in [2.75, 3.05) is 24.2 Å². The zero-order valence-corrected chi connectivity index (χ0v) is 15.6. The fourth-order valence-corrected chi connectivity index (χ4v) is 4.51. The van der Waals surface area contributed by atoms with Crippen molar-refractivity contribution in [1.29, 1.82) is 0 Å². The Bertz CT molecular complexity index is 615. The van der Waals surface area contributed by atoms with E-state index in [0.717, 1.165) is 31.5 Å². The number of piperidine rings is 1. The molecule has 0 bridgehead atoms. The van der Waals surface area contributed by atoms with Crippen molar-refractivity contribution in [2.45, 2.75) is 49.6 Å². The summed E-state index contributed by atoms with van der Waals surface area (Å²) in [6, 6.07) is 2.75. The normalized spacial score (nSPS) is 24.7. The van der Waals surface area contributed by atoms with Crippen LogP contribution in [0.2, 0.25) is 0 Å².